The van der Waals surface area contributed by atoms with Gasteiger partial charge in [0.2, 0.25) is 0 Å². The van der Waals surface area contributed by atoms with Gasteiger partial charge in [-0.1, -0.05) is 30.3 Å². The van der Waals surface area contributed by atoms with Gasteiger partial charge in [-0.2, -0.15) is 10.5 Å². The van der Waals surface area contributed by atoms with Gasteiger partial charge in [-0.25, -0.2) is 0 Å². The molecule has 0 saturated carbocycles. The molecule has 0 aliphatic carbocycles. The van der Waals surface area contributed by atoms with E-state index in [1.165, 1.54) is 7.11 Å². The Hall–Kier alpha value is -2.33. The molecule has 0 bridgehead atoms. The van der Waals surface area contributed by atoms with Gasteiger partial charge < -0.3 is 4.74 Å². The van der Waals surface area contributed by atoms with Crippen LogP contribution in [0, 0.1) is 28.6 Å². The highest BCUT2D eigenvalue weighted by Crippen LogP contribution is 2.27. The fourth-order valence-electron chi connectivity index (χ4n) is 1.60. The Morgan fingerprint density at radius 2 is 1.88 bits per heavy atom. The number of esters is 1. The maximum atomic E-state index is 11.3. The van der Waals surface area contributed by atoms with Crippen molar-refractivity contribution in [2.75, 3.05) is 7.11 Å². The summed E-state index contributed by atoms with van der Waals surface area (Å²) in [6, 6.07) is 12.9. The first kappa shape index (κ1) is 12.7. The first-order valence-electron chi connectivity index (χ1n) is 5.14. The Labute approximate surface area is 100 Å². The van der Waals surface area contributed by atoms with Gasteiger partial charge in [0.1, 0.15) is 5.92 Å². The number of rotatable bonds is 4. The van der Waals surface area contributed by atoms with Crippen LogP contribution in [0.3, 0.4) is 0 Å². The Balaban J connectivity index is 3.00. The van der Waals surface area contributed by atoms with Crippen molar-refractivity contribution >= 4 is 5.97 Å². The fourth-order valence-corrected chi connectivity index (χ4v) is 1.60. The summed E-state index contributed by atoms with van der Waals surface area (Å²) in [7, 11) is 1.29. The first-order chi connectivity index (χ1) is 8.22. The minimum absolute atomic E-state index is 0.0340. The third-order valence-corrected chi connectivity index (χ3v) is 2.52. The summed E-state index contributed by atoms with van der Waals surface area (Å²) in [4.78, 5) is 11.3. The highest BCUT2D eigenvalue weighted by atomic mass is 16.5. The van der Waals surface area contributed by atoms with Crippen molar-refractivity contribution in [2.45, 2.75) is 12.3 Å². The van der Waals surface area contributed by atoms with Crippen LogP contribution in [0.25, 0.3) is 0 Å². The lowest BCUT2D eigenvalue weighted by Gasteiger charge is -2.16. The minimum Gasteiger partial charge on any atom is -0.469 e. The van der Waals surface area contributed by atoms with E-state index in [-0.39, 0.29) is 6.42 Å². The molecule has 4 heteroatoms. The van der Waals surface area contributed by atoms with Crippen LogP contribution in [0.4, 0.5) is 0 Å². The summed E-state index contributed by atoms with van der Waals surface area (Å²) in [6.45, 7) is 0. The monoisotopic (exact) mass is 228 g/mol. The van der Waals surface area contributed by atoms with Crippen molar-refractivity contribution in [3.8, 4) is 12.1 Å². The molecule has 0 aromatic heterocycles. The molecule has 0 fully saturated rings. The molecule has 0 radical (unpaired) electrons. The number of methoxy groups -OCH3 is 1. The molecule has 0 spiro atoms. The van der Waals surface area contributed by atoms with Crippen LogP contribution < -0.4 is 0 Å². The van der Waals surface area contributed by atoms with Crippen LogP contribution in [-0.4, -0.2) is 13.1 Å². The highest BCUT2D eigenvalue weighted by molar-refractivity contribution is 5.70. The van der Waals surface area contributed by atoms with E-state index in [1.54, 1.807) is 12.1 Å². The molecule has 0 aliphatic rings. The first-order valence-corrected chi connectivity index (χ1v) is 5.14. The Morgan fingerprint density at radius 1 is 1.29 bits per heavy atom. The number of carbonyl (C=O) groups is 1. The topological polar surface area (TPSA) is 73.9 Å². The zero-order valence-corrected chi connectivity index (χ0v) is 9.46. The Kier molecular flexibility index (Phi) is 4.72. The lowest BCUT2D eigenvalue weighted by Crippen LogP contribution is -2.15. The number of ether oxygens (including phenoxy) is 1. The van der Waals surface area contributed by atoms with Crippen LogP contribution in [0.15, 0.2) is 30.3 Å². The Morgan fingerprint density at radius 3 is 2.35 bits per heavy atom. The standard InChI is InChI=1S/C13H12N2O2/c1-17-13(16)7-12(11(8-14)9-15)10-5-3-2-4-6-10/h2-6,11-12H,7H2,1H3. The van der Waals surface area contributed by atoms with Gasteiger partial charge in [0, 0.05) is 5.92 Å². The minimum atomic E-state index is -0.850. The number of nitriles is 2. The third kappa shape index (κ3) is 3.32. The highest BCUT2D eigenvalue weighted by Gasteiger charge is 2.25. The predicted octanol–water partition coefficient (Wildman–Crippen LogP) is 2.00. The summed E-state index contributed by atoms with van der Waals surface area (Å²) < 4.78 is 4.58. The second kappa shape index (κ2) is 6.30. The molecule has 0 N–H and O–H groups in total. The smallest absolute Gasteiger partial charge is 0.306 e. The molecule has 86 valence electrons. The van der Waals surface area contributed by atoms with E-state index in [1.807, 2.05) is 30.3 Å². The second-order valence-corrected chi connectivity index (χ2v) is 3.53. The van der Waals surface area contributed by atoms with E-state index in [4.69, 9.17) is 10.5 Å². The van der Waals surface area contributed by atoms with Crippen LogP contribution in [0.1, 0.15) is 17.9 Å². The maximum absolute atomic E-state index is 11.3. The number of hydrogen-bond donors (Lipinski definition) is 0. The molecular formula is C13H12N2O2. The predicted molar refractivity (Wildman–Crippen MR) is 60.5 cm³/mol. The number of benzene rings is 1. The molecule has 0 heterocycles. The van der Waals surface area contributed by atoms with E-state index in [0.29, 0.717) is 0 Å². The summed E-state index contributed by atoms with van der Waals surface area (Å²) >= 11 is 0. The molecule has 1 aromatic rings. The molecular weight excluding hydrogens is 216 g/mol. The van der Waals surface area contributed by atoms with E-state index in [9.17, 15) is 4.79 Å². The van der Waals surface area contributed by atoms with Gasteiger partial charge in [0.15, 0.2) is 0 Å². The maximum Gasteiger partial charge on any atom is 0.306 e. The van der Waals surface area contributed by atoms with Crippen LogP contribution in [0.5, 0.6) is 0 Å². The van der Waals surface area contributed by atoms with Gasteiger partial charge in [-0.05, 0) is 5.56 Å². The van der Waals surface area contributed by atoms with Crippen molar-refractivity contribution in [2.24, 2.45) is 5.92 Å². The summed E-state index contributed by atoms with van der Waals surface area (Å²) in [5.41, 5.74) is 0.797. The van der Waals surface area contributed by atoms with Crippen molar-refractivity contribution in [1.82, 2.24) is 0 Å². The average molecular weight is 228 g/mol. The Bertz CT molecular complexity index is 443. The quantitative estimate of drug-likeness (QED) is 0.738. The summed E-state index contributed by atoms with van der Waals surface area (Å²) in [6.07, 6.45) is 0.0340. The van der Waals surface area contributed by atoms with Gasteiger partial charge in [0.05, 0.1) is 25.7 Å². The van der Waals surface area contributed by atoms with Crippen molar-refractivity contribution < 1.29 is 9.53 Å². The lowest BCUT2D eigenvalue weighted by atomic mass is 9.85. The lowest BCUT2D eigenvalue weighted by molar-refractivity contribution is -0.141. The molecule has 0 amide bonds. The van der Waals surface area contributed by atoms with Gasteiger partial charge >= 0.3 is 5.97 Å². The fraction of sp³-hybridized carbons (Fsp3) is 0.308. The second-order valence-electron chi connectivity index (χ2n) is 3.53. The summed E-state index contributed by atoms with van der Waals surface area (Å²) in [5, 5.41) is 17.8. The molecule has 1 aromatic carbocycles. The van der Waals surface area contributed by atoms with E-state index < -0.39 is 17.8 Å². The molecule has 17 heavy (non-hydrogen) atoms. The largest absolute Gasteiger partial charge is 0.469 e. The van der Waals surface area contributed by atoms with E-state index in [0.717, 1.165) is 5.56 Å². The normalized spacial score (nSPS) is 11.3. The average Bonchev–Trinajstić information content (AvgIpc) is 2.39. The van der Waals surface area contributed by atoms with Gasteiger partial charge in [-0.3, -0.25) is 4.79 Å². The molecule has 4 nitrogen and oxygen atoms in total. The molecule has 1 rings (SSSR count). The van der Waals surface area contributed by atoms with E-state index >= 15 is 0 Å². The van der Waals surface area contributed by atoms with Crippen LogP contribution in [-0.2, 0) is 9.53 Å². The zero-order chi connectivity index (χ0) is 12.7. The van der Waals surface area contributed by atoms with Crippen LogP contribution in [0.2, 0.25) is 0 Å². The van der Waals surface area contributed by atoms with Gasteiger partial charge in [0.25, 0.3) is 0 Å². The van der Waals surface area contributed by atoms with Crippen molar-refractivity contribution in [3.05, 3.63) is 35.9 Å². The summed E-state index contributed by atoms with van der Waals surface area (Å²) in [5.74, 6) is -1.72. The van der Waals surface area contributed by atoms with Crippen LogP contribution >= 0.6 is 0 Å². The molecule has 1 unspecified atom stereocenters. The number of nitrogens with zero attached hydrogens (tertiary/aromatic N) is 2. The van der Waals surface area contributed by atoms with Crippen molar-refractivity contribution in [3.63, 3.8) is 0 Å². The molecule has 0 aliphatic heterocycles. The third-order valence-electron chi connectivity index (χ3n) is 2.52. The zero-order valence-electron chi connectivity index (χ0n) is 9.46. The number of hydrogen-bond acceptors (Lipinski definition) is 4. The molecule has 1 atom stereocenters. The van der Waals surface area contributed by atoms with E-state index in [2.05, 4.69) is 4.74 Å². The van der Waals surface area contributed by atoms with Gasteiger partial charge in [-0.15, -0.1) is 0 Å². The SMILES string of the molecule is COC(=O)CC(c1ccccc1)C(C#N)C#N. The van der Waals surface area contributed by atoms with Crippen molar-refractivity contribution in [1.29, 1.82) is 10.5 Å². The number of carbonyl (C=O) groups excluding carboxylic acids is 1. The molecule has 0 saturated heterocycles.